The highest BCUT2D eigenvalue weighted by molar-refractivity contribution is 7.85. The molecule has 0 saturated heterocycles. The number of esters is 1. The standard InChI is InChI=1S/C8H16O6S/c1-4-12-8(9)7(2)13-5-6-14-15(3,10)11/h7H,4-6H2,1-3H3/t7-/m0/s1. The minimum Gasteiger partial charge on any atom is -0.464 e. The highest BCUT2D eigenvalue weighted by Gasteiger charge is 2.14. The van der Waals surface area contributed by atoms with Crippen LogP contribution in [0.1, 0.15) is 13.8 Å². The van der Waals surface area contributed by atoms with Gasteiger partial charge < -0.3 is 9.47 Å². The highest BCUT2D eigenvalue weighted by Crippen LogP contribution is 1.95. The maximum absolute atomic E-state index is 11.0. The molecule has 0 N–H and O–H groups in total. The predicted octanol–water partition coefficient (Wildman–Crippen LogP) is -0.0692. The van der Waals surface area contributed by atoms with E-state index in [9.17, 15) is 13.2 Å². The Morgan fingerprint density at radius 1 is 1.33 bits per heavy atom. The molecule has 0 aromatic rings. The maximum Gasteiger partial charge on any atom is 0.334 e. The molecule has 0 rings (SSSR count). The zero-order chi connectivity index (χ0) is 11.9. The normalized spacial score (nSPS) is 13.5. The quantitative estimate of drug-likeness (QED) is 0.352. The zero-order valence-electron chi connectivity index (χ0n) is 9.06. The summed E-state index contributed by atoms with van der Waals surface area (Å²) in [6, 6.07) is 0. The van der Waals surface area contributed by atoms with E-state index in [0.717, 1.165) is 6.26 Å². The van der Waals surface area contributed by atoms with Gasteiger partial charge in [-0.2, -0.15) is 8.42 Å². The fourth-order valence-electron chi connectivity index (χ4n) is 0.738. The third kappa shape index (κ3) is 8.34. The molecule has 0 aromatic heterocycles. The summed E-state index contributed by atoms with van der Waals surface area (Å²) in [4.78, 5) is 11.0. The van der Waals surface area contributed by atoms with Crippen LogP contribution in [0, 0.1) is 0 Å². The first-order valence-electron chi connectivity index (χ1n) is 4.49. The van der Waals surface area contributed by atoms with E-state index in [1.54, 1.807) is 6.92 Å². The molecule has 0 saturated carbocycles. The minimum absolute atomic E-state index is 0.0209. The van der Waals surface area contributed by atoms with Crippen LogP contribution in [0.2, 0.25) is 0 Å². The summed E-state index contributed by atoms with van der Waals surface area (Å²) in [5, 5.41) is 0. The number of hydrogen-bond acceptors (Lipinski definition) is 6. The van der Waals surface area contributed by atoms with E-state index in [1.807, 2.05) is 0 Å². The number of ether oxygens (including phenoxy) is 2. The minimum atomic E-state index is -3.45. The second-order valence-corrected chi connectivity index (χ2v) is 4.44. The molecule has 6 nitrogen and oxygen atoms in total. The van der Waals surface area contributed by atoms with E-state index in [1.165, 1.54) is 6.92 Å². The fourth-order valence-corrected chi connectivity index (χ4v) is 1.11. The SMILES string of the molecule is CCOC(=O)[C@H](C)OCCOS(C)(=O)=O. The van der Waals surface area contributed by atoms with Crippen LogP contribution < -0.4 is 0 Å². The summed E-state index contributed by atoms with van der Waals surface area (Å²) in [6.45, 7) is 3.41. The van der Waals surface area contributed by atoms with E-state index >= 15 is 0 Å². The predicted molar refractivity (Wildman–Crippen MR) is 52.8 cm³/mol. The summed E-state index contributed by atoms with van der Waals surface area (Å²) >= 11 is 0. The lowest BCUT2D eigenvalue weighted by molar-refractivity contribution is -0.155. The topological polar surface area (TPSA) is 78.9 Å². The lowest BCUT2D eigenvalue weighted by Crippen LogP contribution is -2.25. The molecule has 90 valence electrons. The van der Waals surface area contributed by atoms with Crippen molar-refractivity contribution in [3.05, 3.63) is 0 Å². The summed E-state index contributed by atoms with van der Waals surface area (Å²) in [5.74, 6) is -0.475. The summed E-state index contributed by atoms with van der Waals surface area (Å²) in [7, 11) is -3.45. The molecular weight excluding hydrogens is 224 g/mol. The number of carbonyl (C=O) groups excluding carboxylic acids is 1. The van der Waals surface area contributed by atoms with Crippen LogP contribution in [0.5, 0.6) is 0 Å². The van der Waals surface area contributed by atoms with E-state index in [-0.39, 0.29) is 19.8 Å². The van der Waals surface area contributed by atoms with E-state index in [4.69, 9.17) is 4.74 Å². The van der Waals surface area contributed by atoms with Crippen LogP contribution in [0.4, 0.5) is 0 Å². The molecule has 0 fully saturated rings. The molecule has 0 unspecified atom stereocenters. The van der Waals surface area contributed by atoms with Crippen molar-refractivity contribution < 1.29 is 26.9 Å². The Hall–Kier alpha value is -0.660. The van der Waals surface area contributed by atoms with Crippen molar-refractivity contribution in [2.45, 2.75) is 20.0 Å². The second-order valence-electron chi connectivity index (χ2n) is 2.79. The molecule has 0 heterocycles. The van der Waals surface area contributed by atoms with Gasteiger partial charge in [0.1, 0.15) is 0 Å². The van der Waals surface area contributed by atoms with Crippen LogP contribution in [-0.4, -0.2) is 46.6 Å². The van der Waals surface area contributed by atoms with E-state index < -0.39 is 22.2 Å². The average Bonchev–Trinajstić information content (AvgIpc) is 2.11. The van der Waals surface area contributed by atoms with Gasteiger partial charge in [0.25, 0.3) is 10.1 Å². The summed E-state index contributed by atoms with van der Waals surface area (Å²) in [5.41, 5.74) is 0. The molecule has 0 aromatic carbocycles. The summed E-state index contributed by atoms with van der Waals surface area (Å²) in [6.07, 6.45) is 0.231. The Kier molecular flexibility index (Phi) is 6.46. The van der Waals surface area contributed by atoms with Gasteiger partial charge in [-0.15, -0.1) is 0 Å². The molecule has 0 aliphatic rings. The molecule has 0 aliphatic heterocycles. The Labute approximate surface area is 89.6 Å². The first-order valence-corrected chi connectivity index (χ1v) is 6.31. The van der Waals surface area contributed by atoms with Crippen LogP contribution in [0.25, 0.3) is 0 Å². The molecule has 1 atom stereocenters. The monoisotopic (exact) mass is 240 g/mol. The number of hydrogen-bond donors (Lipinski definition) is 0. The molecular formula is C8H16O6S. The molecule has 0 aliphatic carbocycles. The van der Waals surface area contributed by atoms with E-state index in [2.05, 4.69) is 8.92 Å². The first-order chi connectivity index (χ1) is 6.87. The van der Waals surface area contributed by atoms with Crippen molar-refractivity contribution in [2.24, 2.45) is 0 Å². The Bertz CT molecular complexity index is 284. The van der Waals surface area contributed by atoms with Gasteiger partial charge in [-0.3, -0.25) is 4.18 Å². The third-order valence-electron chi connectivity index (χ3n) is 1.37. The molecule has 7 heteroatoms. The Morgan fingerprint density at radius 2 is 1.93 bits per heavy atom. The number of rotatable bonds is 7. The second kappa shape index (κ2) is 6.76. The van der Waals surface area contributed by atoms with E-state index in [0.29, 0.717) is 0 Å². The number of carbonyl (C=O) groups is 1. The van der Waals surface area contributed by atoms with Gasteiger partial charge in [-0.05, 0) is 13.8 Å². The molecule has 0 spiro atoms. The van der Waals surface area contributed by atoms with Gasteiger partial charge >= 0.3 is 5.97 Å². The van der Waals surface area contributed by atoms with Crippen LogP contribution in [0.15, 0.2) is 0 Å². The lowest BCUT2D eigenvalue weighted by atomic mass is 10.4. The zero-order valence-corrected chi connectivity index (χ0v) is 9.87. The smallest absolute Gasteiger partial charge is 0.334 e. The molecule has 15 heavy (non-hydrogen) atoms. The van der Waals surface area contributed by atoms with Gasteiger partial charge in [0, 0.05) is 0 Å². The maximum atomic E-state index is 11.0. The van der Waals surface area contributed by atoms with Crippen molar-refractivity contribution >= 4 is 16.1 Å². The lowest BCUT2D eigenvalue weighted by Gasteiger charge is -2.11. The van der Waals surface area contributed by atoms with Gasteiger partial charge in [0.2, 0.25) is 0 Å². The van der Waals surface area contributed by atoms with Gasteiger partial charge in [-0.1, -0.05) is 0 Å². The largest absolute Gasteiger partial charge is 0.464 e. The first kappa shape index (κ1) is 14.3. The molecule has 0 radical (unpaired) electrons. The molecule has 0 bridgehead atoms. The van der Waals surface area contributed by atoms with Gasteiger partial charge in [0.15, 0.2) is 6.10 Å². The van der Waals surface area contributed by atoms with Crippen molar-refractivity contribution in [3.63, 3.8) is 0 Å². The fraction of sp³-hybridized carbons (Fsp3) is 0.875. The third-order valence-corrected chi connectivity index (χ3v) is 1.96. The van der Waals surface area contributed by atoms with Crippen LogP contribution in [0.3, 0.4) is 0 Å². The van der Waals surface area contributed by atoms with Crippen LogP contribution in [-0.2, 0) is 28.6 Å². The van der Waals surface area contributed by atoms with Gasteiger partial charge in [0.05, 0.1) is 26.1 Å². The highest BCUT2D eigenvalue weighted by atomic mass is 32.2. The van der Waals surface area contributed by atoms with Crippen molar-refractivity contribution in [1.29, 1.82) is 0 Å². The van der Waals surface area contributed by atoms with Crippen molar-refractivity contribution in [3.8, 4) is 0 Å². The Morgan fingerprint density at radius 3 is 2.40 bits per heavy atom. The Balaban J connectivity index is 3.64. The average molecular weight is 240 g/mol. The molecule has 0 amide bonds. The summed E-state index contributed by atoms with van der Waals surface area (Å²) < 4.78 is 35.2. The van der Waals surface area contributed by atoms with Crippen LogP contribution >= 0.6 is 0 Å². The van der Waals surface area contributed by atoms with Gasteiger partial charge in [-0.25, -0.2) is 4.79 Å². The van der Waals surface area contributed by atoms with Crippen molar-refractivity contribution in [2.75, 3.05) is 26.1 Å². The van der Waals surface area contributed by atoms with Crippen molar-refractivity contribution in [1.82, 2.24) is 0 Å².